The van der Waals surface area contributed by atoms with Gasteiger partial charge in [-0.1, -0.05) is 24.4 Å². The summed E-state index contributed by atoms with van der Waals surface area (Å²) in [5, 5.41) is 10.9. The average Bonchev–Trinajstić information content (AvgIpc) is 3.06. The monoisotopic (exact) mass is 318 g/mol. The van der Waals surface area contributed by atoms with Gasteiger partial charge in [-0.2, -0.15) is 4.98 Å². The smallest absolute Gasteiger partial charge is 0.224 e. The van der Waals surface area contributed by atoms with Crippen molar-refractivity contribution in [3.63, 3.8) is 0 Å². The molecule has 2 N–H and O–H groups in total. The van der Waals surface area contributed by atoms with Gasteiger partial charge in [0, 0.05) is 12.8 Å². The molecule has 1 aromatic heterocycles. The van der Waals surface area contributed by atoms with Gasteiger partial charge in [0.05, 0.1) is 0 Å². The van der Waals surface area contributed by atoms with Gasteiger partial charge in [-0.25, -0.2) is 0 Å². The highest BCUT2D eigenvalue weighted by atomic mass is 16.5. The average molecular weight is 318 g/mol. The number of hydrogen-bond donors (Lipinski definition) is 2. The first-order valence-corrected chi connectivity index (χ1v) is 8.97. The summed E-state index contributed by atoms with van der Waals surface area (Å²) >= 11 is 0. The fraction of sp³-hybridized carbons (Fsp3) is 0.824. The summed E-state index contributed by atoms with van der Waals surface area (Å²) in [6.45, 7) is 3.89. The summed E-state index contributed by atoms with van der Waals surface area (Å²) in [6, 6.07) is 0. The predicted molar refractivity (Wildman–Crippen MR) is 84.6 cm³/mol. The van der Waals surface area contributed by atoms with Gasteiger partial charge in [-0.05, 0) is 50.6 Å². The van der Waals surface area contributed by atoms with Gasteiger partial charge >= 0.3 is 0 Å². The molecule has 3 fully saturated rings. The summed E-state index contributed by atoms with van der Waals surface area (Å²) < 4.78 is 5.19. The number of aromatic nitrogens is 2. The van der Waals surface area contributed by atoms with E-state index in [-0.39, 0.29) is 17.2 Å². The van der Waals surface area contributed by atoms with E-state index in [1.54, 1.807) is 6.92 Å². The molecule has 2 heterocycles. The summed E-state index contributed by atoms with van der Waals surface area (Å²) in [5.41, 5.74) is -0.151. The number of aryl methyl sites for hydroxylation is 1. The number of amides is 1. The van der Waals surface area contributed by atoms with E-state index in [1.165, 1.54) is 6.42 Å². The Morgan fingerprint density at radius 2 is 1.96 bits per heavy atom. The predicted octanol–water partition coefficient (Wildman–Crippen LogP) is 2.04. The Hall–Kier alpha value is -1.43. The van der Waals surface area contributed by atoms with Crippen LogP contribution in [0, 0.1) is 18.3 Å². The second-order valence-electron chi connectivity index (χ2n) is 7.64. The van der Waals surface area contributed by atoms with Crippen molar-refractivity contribution in [2.45, 2.75) is 63.8 Å². The lowest BCUT2D eigenvalue weighted by Gasteiger charge is -2.35. The van der Waals surface area contributed by atoms with Gasteiger partial charge in [-0.15, -0.1) is 0 Å². The number of rotatable bonds is 3. The van der Waals surface area contributed by atoms with Crippen molar-refractivity contribution in [1.82, 2.24) is 20.8 Å². The molecule has 0 aromatic carbocycles. The van der Waals surface area contributed by atoms with Crippen molar-refractivity contribution in [2.75, 3.05) is 13.1 Å². The van der Waals surface area contributed by atoms with E-state index < -0.39 is 5.54 Å². The minimum Gasteiger partial charge on any atom is -0.343 e. The van der Waals surface area contributed by atoms with Crippen LogP contribution >= 0.6 is 0 Å². The summed E-state index contributed by atoms with van der Waals surface area (Å²) in [7, 11) is 0. The number of nitrogens with one attached hydrogen (secondary N) is 2. The van der Waals surface area contributed by atoms with Crippen LogP contribution in [0.25, 0.3) is 0 Å². The van der Waals surface area contributed by atoms with Gasteiger partial charge in [0.1, 0.15) is 5.54 Å². The summed E-state index contributed by atoms with van der Waals surface area (Å²) in [4.78, 5) is 17.4. The van der Waals surface area contributed by atoms with Crippen LogP contribution in [0.2, 0.25) is 0 Å². The highest BCUT2D eigenvalue weighted by Crippen LogP contribution is 2.59. The van der Waals surface area contributed by atoms with Crippen LogP contribution in [-0.4, -0.2) is 29.1 Å². The molecule has 1 saturated heterocycles. The maximum Gasteiger partial charge on any atom is 0.224 e. The lowest BCUT2D eigenvalue weighted by molar-refractivity contribution is -0.126. The molecule has 4 rings (SSSR count). The van der Waals surface area contributed by atoms with Crippen molar-refractivity contribution in [1.29, 1.82) is 0 Å². The maximum absolute atomic E-state index is 12.9. The van der Waals surface area contributed by atoms with Crippen LogP contribution in [0.1, 0.15) is 63.1 Å². The number of carbonyl (C=O) groups is 1. The molecule has 1 aromatic rings. The first-order valence-electron chi connectivity index (χ1n) is 8.97. The SMILES string of the molecule is Cc1nc(C2(NC(=O)C3CC34CCNCC4)CCCCC2)no1. The van der Waals surface area contributed by atoms with Crippen LogP contribution in [0.5, 0.6) is 0 Å². The normalized spacial score (nSPS) is 28.5. The van der Waals surface area contributed by atoms with E-state index >= 15 is 0 Å². The summed E-state index contributed by atoms with van der Waals surface area (Å²) in [6.07, 6.45) is 8.55. The molecule has 3 aliphatic rings. The lowest BCUT2D eigenvalue weighted by Crippen LogP contribution is -2.49. The third kappa shape index (κ3) is 2.67. The topological polar surface area (TPSA) is 80.0 Å². The highest BCUT2D eigenvalue weighted by Gasteiger charge is 2.58. The van der Waals surface area contributed by atoms with Crippen molar-refractivity contribution in [3.05, 3.63) is 11.7 Å². The highest BCUT2D eigenvalue weighted by molar-refractivity contribution is 5.83. The minimum absolute atomic E-state index is 0.177. The number of piperidine rings is 1. The Bertz CT molecular complexity index is 585. The zero-order valence-corrected chi connectivity index (χ0v) is 13.9. The zero-order chi connectivity index (χ0) is 15.9. The van der Waals surface area contributed by atoms with Gasteiger partial charge < -0.3 is 15.2 Å². The Morgan fingerprint density at radius 1 is 1.22 bits per heavy atom. The fourth-order valence-electron chi connectivity index (χ4n) is 4.57. The third-order valence-corrected chi connectivity index (χ3v) is 6.13. The van der Waals surface area contributed by atoms with Crippen LogP contribution < -0.4 is 10.6 Å². The Morgan fingerprint density at radius 3 is 2.61 bits per heavy atom. The molecule has 1 aliphatic heterocycles. The Balaban J connectivity index is 1.51. The van der Waals surface area contributed by atoms with Gasteiger partial charge in [0.25, 0.3) is 0 Å². The molecule has 2 saturated carbocycles. The first kappa shape index (κ1) is 15.1. The molecule has 6 nitrogen and oxygen atoms in total. The minimum atomic E-state index is -0.413. The van der Waals surface area contributed by atoms with Gasteiger partial charge in [0.2, 0.25) is 11.8 Å². The van der Waals surface area contributed by atoms with E-state index in [4.69, 9.17) is 4.52 Å². The van der Waals surface area contributed by atoms with Crippen LogP contribution in [0.15, 0.2) is 4.52 Å². The molecular formula is C17H26N4O2. The zero-order valence-electron chi connectivity index (χ0n) is 13.9. The van der Waals surface area contributed by atoms with E-state index in [0.717, 1.165) is 58.0 Å². The first-order chi connectivity index (χ1) is 11.1. The quantitative estimate of drug-likeness (QED) is 0.891. The molecule has 0 bridgehead atoms. The molecule has 2 aliphatic carbocycles. The lowest BCUT2D eigenvalue weighted by atomic mass is 9.80. The molecule has 0 radical (unpaired) electrons. The molecule has 23 heavy (non-hydrogen) atoms. The largest absolute Gasteiger partial charge is 0.343 e. The number of carbonyl (C=O) groups excluding carboxylic acids is 1. The number of nitrogens with zero attached hydrogens (tertiary/aromatic N) is 2. The van der Waals surface area contributed by atoms with E-state index in [1.807, 2.05) is 0 Å². The fourth-order valence-corrected chi connectivity index (χ4v) is 4.57. The molecule has 1 unspecified atom stereocenters. The molecule has 126 valence electrons. The van der Waals surface area contributed by atoms with E-state index in [9.17, 15) is 4.79 Å². The summed E-state index contributed by atoms with van der Waals surface area (Å²) in [5.74, 6) is 1.62. The Kier molecular flexibility index (Phi) is 3.67. The molecule has 6 heteroatoms. The standard InChI is InChI=1S/C17H26N4O2/c1-12-19-15(21-23-12)17(5-3-2-4-6-17)20-14(22)13-11-16(13)7-9-18-10-8-16/h13,18H,2-11H2,1H3,(H,20,22). The molecule has 1 spiro atoms. The van der Waals surface area contributed by atoms with Crippen molar-refractivity contribution < 1.29 is 9.32 Å². The van der Waals surface area contributed by atoms with Crippen LogP contribution in [0.3, 0.4) is 0 Å². The van der Waals surface area contributed by atoms with Gasteiger partial charge in [-0.3, -0.25) is 4.79 Å². The van der Waals surface area contributed by atoms with Crippen molar-refractivity contribution in [2.24, 2.45) is 11.3 Å². The number of hydrogen-bond acceptors (Lipinski definition) is 5. The molecule has 1 amide bonds. The maximum atomic E-state index is 12.9. The van der Waals surface area contributed by atoms with Gasteiger partial charge in [0.15, 0.2) is 5.82 Å². The van der Waals surface area contributed by atoms with E-state index in [2.05, 4.69) is 20.8 Å². The van der Waals surface area contributed by atoms with E-state index in [0.29, 0.717) is 11.7 Å². The Labute approximate surface area is 136 Å². The van der Waals surface area contributed by atoms with Crippen molar-refractivity contribution >= 4 is 5.91 Å². The molecule has 1 atom stereocenters. The third-order valence-electron chi connectivity index (χ3n) is 6.13. The van der Waals surface area contributed by atoms with Crippen molar-refractivity contribution in [3.8, 4) is 0 Å². The molecular weight excluding hydrogens is 292 g/mol. The second-order valence-corrected chi connectivity index (χ2v) is 7.64. The second kappa shape index (κ2) is 5.58. The van der Waals surface area contributed by atoms with Crippen LogP contribution in [-0.2, 0) is 10.3 Å². The van der Waals surface area contributed by atoms with Crippen LogP contribution in [0.4, 0.5) is 0 Å².